The van der Waals surface area contributed by atoms with Crippen LogP contribution in [-0.2, 0) is 17.8 Å². The second kappa shape index (κ2) is 9.07. The van der Waals surface area contributed by atoms with Gasteiger partial charge in [-0.1, -0.05) is 30.4 Å². The average Bonchev–Trinajstić information content (AvgIpc) is 2.95. The maximum absolute atomic E-state index is 11.0. The minimum atomic E-state index is -0.352. The van der Waals surface area contributed by atoms with E-state index in [4.69, 9.17) is 20.8 Å². The lowest BCUT2D eigenvalue weighted by Crippen LogP contribution is -2.13. The van der Waals surface area contributed by atoms with E-state index in [-0.39, 0.29) is 12.3 Å². The number of nitriles is 1. The first-order chi connectivity index (χ1) is 14.0. The normalized spacial score (nSPS) is 16.6. The van der Waals surface area contributed by atoms with Crippen molar-refractivity contribution in [2.75, 3.05) is 0 Å². The highest BCUT2D eigenvalue weighted by atomic mass is 16.5. The van der Waals surface area contributed by atoms with Crippen LogP contribution in [0.2, 0.25) is 0 Å². The molecule has 2 N–H and O–H groups in total. The molecule has 1 heterocycles. The molecule has 1 aliphatic rings. The second-order valence-corrected chi connectivity index (χ2v) is 6.95. The molecular formula is C23H24N4O2. The summed E-state index contributed by atoms with van der Waals surface area (Å²) in [5.41, 5.74) is 10.9. The monoisotopic (exact) mass is 388 g/mol. The summed E-state index contributed by atoms with van der Waals surface area (Å²) in [5, 5.41) is 13.7. The number of aromatic nitrogens is 2. The van der Waals surface area contributed by atoms with E-state index in [1.807, 2.05) is 61.0 Å². The molecule has 0 aliphatic heterocycles. The highest BCUT2D eigenvalue weighted by Gasteiger charge is 2.15. The minimum absolute atomic E-state index is 0.222. The molecule has 0 saturated carbocycles. The number of allylic oxidation sites excluding steroid dienone is 6. The third-order valence-electron chi connectivity index (χ3n) is 4.84. The van der Waals surface area contributed by atoms with E-state index in [1.54, 1.807) is 0 Å². The van der Waals surface area contributed by atoms with Crippen LogP contribution in [0, 0.1) is 25.2 Å². The summed E-state index contributed by atoms with van der Waals surface area (Å²) in [5.74, 6) is 0.377. The second-order valence-electron chi connectivity index (χ2n) is 6.95. The Morgan fingerprint density at radius 3 is 2.72 bits per heavy atom. The van der Waals surface area contributed by atoms with Gasteiger partial charge in [-0.05, 0) is 44.0 Å². The Kier molecular flexibility index (Phi) is 6.30. The number of primary amides is 1. The van der Waals surface area contributed by atoms with Crippen LogP contribution in [0.4, 0.5) is 0 Å². The van der Waals surface area contributed by atoms with Crippen LogP contribution in [0.3, 0.4) is 0 Å². The maximum atomic E-state index is 11.0. The van der Waals surface area contributed by atoms with E-state index >= 15 is 0 Å². The van der Waals surface area contributed by atoms with E-state index in [1.165, 1.54) is 0 Å². The Morgan fingerprint density at radius 1 is 1.28 bits per heavy atom. The fraction of sp³-hybridized carbons (Fsp3) is 0.261. The molecule has 6 heteroatoms. The van der Waals surface area contributed by atoms with E-state index in [0.29, 0.717) is 25.0 Å². The van der Waals surface area contributed by atoms with Gasteiger partial charge in [-0.15, -0.1) is 0 Å². The molecule has 1 amide bonds. The van der Waals surface area contributed by atoms with Crippen molar-refractivity contribution in [2.45, 2.75) is 39.7 Å². The Hall–Kier alpha value is -3.59. The van der Waals surface area contributed by atoms with Crippen molar-refractivity contribution in [1.82, 2.24) is 9.78 Å². The fourth-order valence-electron chi connectivity index (χ4n) is 3.26. The summed E-state index contributed by atoms with van der Waals surface area (Å²) in [6, 6.07) is 9.55. The van der Waals surface area contributed by atoms with Crippen molar-refractivity contribution in [3.8, 4) is 11.8 Å². The number of ether oxygens (including phenoxy) is 1. The van der Waals surface area contributed by atoms with E-state index in [9.17, 15) is 4.79 Å². The molecule has 1 aliphatic carbocycles. The van der Waals surface area contributed by atoms with Gasteiger partial charge in [0.05, 0.1) is 18.2 Å². The van der Waals surface area contributed by atoms with Gasteiger partial charge < -0.3 is 10.5 Å². The molecule has 0 spiro atoms. The number of carbonyl (C=O) groups excluding carboxylic acids is 1. The van der Waals surface area contributed by atoms with Gasteiger partial charge in [-0.2, -0.15) is 10.4 Å². The number of aryl methyl sites for hydroxylation is 1. The minimum Gasteiger partial charge on any atom is -0.489 e. The van der Waals surface area contributed by atoms with Crippen molar-refractivity contribution in [2.24, 2.45) is 5.73 Å². The predicted octanol–water partition coefficient (Wildman–Crippen LogP) is 3.75. The lowest BCUT2D eigenvalue weighted by molar-refractivity contribution is -0.117. The van der Waals surface area contributed by atoms with Crippen LogP contribution in [0.25, 0.3) is 5.70 Å². The molecule has 0 atom stereocenters. The Morgan fingerprint density at radius 2 is 2.03 bits per heavy atom. The average molecular weight is 388 g/mol. The third kappa shape index (κ3) is 5.02. The fourth-order valence-corrected chi connectivity index (χ4v) is 3.26. The van der Waals surface area contributed by atoms with Crippen LogP contribution in [0.5, 0.6) is 5.75 Å². The smallest absolute Gasteiger partial charge is 0.221 e. The van der Waals surface area contributed by atoms with Crippen LogP contribution < -0.4 is 10.5 Å². The van der Waals surface area contributed by atoms with Gasteiger partial charge in [0, 0.05) is 28.9 Å². The standard InChI is InChI=1S/C23H24N4O2/c1-16-22(15-29-21-11-9-18(10-12-21)13-23(25)28)17(2)27(26-16)20-7-3-5-19(14-24)6-4-8-20/h3,5-6,8-12H,4,7,13,15H2,1-2H3,(H2,25,28)/b5-3-,19-6?,20-8+. The number of hydrogen-bond acceptors (Lipinski definition) is 4. The van der Waals surface area contributed by atoms with Crippen LogP contribution in [-0.4, -0.2) is 15.7 Å². The Bertz CT molecular complexity index is 1030. The van der Waals surface area contributed by atoms with Gasteiger partial charge in [-0.3, -0.25) is 4.79 Å². The number of amides is 1. The molecule has 6 nitrogen and oxygen atoms in total. The van der Waals surface area contributed by atoms with Gasteiger partial charge >= 0.3 is 0 Å². The van der Waals surface area contributed by atoms with Crippen molar-refractivity contribution < 1.29 is 9.53 Å². The molecule has 29 heavy (non-hydrogen) atoms. The quantitative estimate of drug-likeness (QED) is 0.815. The van der Waals surface area contributed by atoms with E-state index < -0.39 is 0 Å². The molecule has 2 aromatic rings. The number of hydrogen-bond donors (Lipinski definition) is 1. The molecule has 0 fully saturated rings. The van der Waals surface area contributed by atoms with Crippen LogP contribution in [0.1, 0.15) is 35.4 Å². The maximum Gasteiger partial charge on any atom is 0.221 e. The molecular weight excluding hydrogens is 364 g/mol. The lowest BCUT2D eigenvalue weighted by atomic mass is 10.1. The Balaban J connectivity index is 1.73. The SMILES string of the molecule is Cc1nn(/C2=C/CC=C(C#N)/C=C\C2)c(C)c1COc1ccc(CC(N)=O)cc1. The van der Waals surface area contributed by atoms with Crippen LogP contribution >= 0.6 is 0 Å². The number of carbonyl (C=O) groups is 1. The summed E-state index contributed by atoms with van der Waals surface area (Å²) in [6.45, 7) is 4.42. The van der Waals surface area contributed by atoms with Gasteiger partial charge in [0.15, 0.2) is 0 Å². The van der Waals surface area contributed by atoms with Crippen molar-refractivity contribution >= 4 is 11.6 Å². The highest BCUT2D eigenvalue weighted by molar-refractivity contribution is 5.76. The van der Waals surface area contributed by atoms with Crippen LogP contribution in [0.15, 0.2) is 54.1 Å². The number of nitrogens with zero attached hydrogens (tertiary/aromatic N) is 3. The zero-order valence-electron chi connectivity index (χ0n) is 16.7. The highest BCUT2D eigenvalue weighted by Crippen LogP contribution is 2.23. The summed E-state index contributed by atoms with van der Waals surface area (Å²) >= 11 is 0. The molecule has 0 saturated heterocycles. The van der Waals surface area contributed by atoms with Crippen molar-refractivity contribution in [3.05, 3.63) is 76.7 Å². The number of benzene rings is 1. The van der Waals surface area contributed by atoms with Gasteiger partial charge in [0.2, 0.25) is 5.91 Å². The first-order valence-corrected chi connectivity index (χ1v) is 9.49. The van der Waals surface area contributed by atoms with E-state index in [0.717, 1.165) is 34.0 Å². The summed E-state index contributed by atoms with van der Waals surface area (Å²) in [4.78, 5) is 11.0. The van der Waals surface area contributed by atoms with Gasteiger partial charge in [0.1, 0.15) is 12.4 Å². The van der Waals surface area contributed by atoms with Crippen molar-refractivity contribution in [1.29, 1.82) is 5.26 Å². The summed E-state index contributed by atoms with van der Waals surface area (Å²) in [7, 11) is 0. The molecule has 0 unspecified atom stereocenters. The summed E-state index contributed by atoms with van der Waals surface area (Å²) < 4.78 is 7.90. The summed E-state index contributed by atoms with van der Waals surface area (Å²) in [6.07, 6.45) is 9.48. The largest absolute Gasteiger partial charge is 0.489 e. The molecule has 1 aromatic carbocycles. The third-order valence-corrected chi connectivity index (χ3v) is 4.84. The lowest BCUT2D eigenvalue weighted by Gasteiger charge is -2.11. The van der Waals surface area contributed by atoms with E-state index in [2.05, 4.69) is 12.1 Å². The predicted molar refractivity (Wildman–Crippen MR) is 112 cm³/mol. The first kappa shape index (κ1) is 20.2. The molecule has 0 bridgehead atoms. The van der Waals surface area contributed by atoms with Gasteiger partial charge in [0.25, 0.3) is 0 Å². The Labute approximate surface area is 170 Å². The number of nitrogens with two attached hydrogens (primary N) is 1. The number of rotatable bonds is 6. The molecule has 3 rings (SSSR count). The zero-order valence-corrected chi connectivity index (χ0v) is 16.7. The van der Waals surface area contributed by atoms with Gasteiger partial charge in [-0.25, -0.2) is 4.68 Å². The zero-order chi connectivity index (χ0) is 20.8. The molecule has 148 valence electrons. The molecule has 0 radical (unpaired) electrons. The van der Waals surface area contributed by atoms with Crippen molar-refractivity contribution in [3.63, 3.8) is 0 Å². The molecule has 1 aromatic heterocycles. The topological polar surface area (TPSA) is 93.9 Å². The first-order valence-electron chi connectivity index (χ1n) is 9.49.